The van der Waals surface area contributed by atoms with Crippen LogP contribution in [0.15, 0.2) is 115 Å². The molecule has 0 saturated heterocycles. The standard InChI is InChI=1S/C28H20ClN3O2/c29-22-13-11-21(12-14-22)27-26(20-7-3-1-4-8-20)19-32(31-27)28(33)30-23-15-17-25(18-16-23)34-24-9-5-2-6-10-24/h1-19H,(H,30,33). The van der Waals surface area contributed by atoms with Gasteiger partial charge in [-0.05, 0) is 54.1 Å². The number of carbonyl (C=O) groups excluding carboxylic acids is 1. The smallest absolute Gasteiger partial charge is 0.346 e. The molecule has 0 bridgehead atoms. The number of para-hydroxylation sites is 1. The van der Waals surface area contributed by atoms with Crippen LogP contribution < -0.4 is 10.1 Å². The van der Waals surface area contributed by atoms with E-state index >= 15 is 0 Å². The molecule has 166 valence electrons. The number of benzene rings is 4. The number of amides is 1. The normalized spacial score (nSPS) is 10.6. The van der Waals surface area contributed by atoms with Crippen molar-refractivity contribution in [2.75, 3.05) is 5.32 Å². The third kappa shape index (κ3) is 4.85. The highest BCUT2D eigenvalue weighted by Crippen LogP contribution is 2.32. The largest absolute Gasteiger partial charge is 0.457 e. The first-order chi connectivity index (χ1) is 16.7. The quantitative estimate of drug-likeness (QED) is 0.288. The number of anilines is 1. The number of rotatable bonds is 5. The molecule has 0 atom stereocenters. The van der Waals surface area contributed by atoms with Crippen molar-refractivity contribution in [3.05, 3.63) is 120 Å². The first-order valence-corrected chi connectivity index (χ1v) is 11.1. The van der Waals surface area contributed by atoms with Gasteiger partial charge >= 0.3 is 6.03 Å². The van der Waals surface area contributed by atoms with E-state index in [9.17, 15) is 4.79 Å². The summed E-state index contributed by atoms with van der Waals surface area (Å²) in [6.45, 7) is 0. The summed E-state index contributed by atoms with van der Waals surface area (Å²) < 4.78 is 7.13. The lowest BCUT2D eigenvalue weighted by Crippen LogP contribution is -2.19. The second kappa shape index (κ2) is 9.65. The fourth-order valence-corrected chi connectivity index (χ4v) is 3.67. The Morgan fingerprint density at radius 1 is 0.735 bits per heavy atom. The van der Waals surface area contributed by atoms with E-state index in [1.165, 1.54) is 4.68 Å². The number of halogens is 1. The van der Waals surface area contributed by atoms with Gasteiger partial charge in [0.1, 0.15) is 17.2 Å². The zero-order chi connectivity index (χ0) is 23.3. The van der Waals surface area contributed by atoms with Crippen LogP contribution in [0.5, 0.6) is 11.5 Å². The van der Waals surface area contributed by atoms with E-state index in [0.29, 0.717) is 22.2 Å². The van der Waals surface area contributed by atoms with Crippen LogP contribution in [0.25, 0.3) is 22.4 Å². The van der Waals surface area contributed by atoms with E-state index in [1.54, 1.807) is 30.5 Å². The molecule has 0 saturated carbocycles. The molecule has 6 heteroatoms. The van der Waals surface area contributed by atoms with Crippen molar-refractivity contribution in [2.45, 2.75) is 0 Å². The van der Waals surface area contributed by atoms with Crippen LogP contribution in [0, 0.1) is 0 Å². The lowest BCUT2D eigenvalue weighted by atomic mass is 10.0. The fraction of sp³-hybridized carbons (Fsp3) is 0. The van der Waals surface area contributed by atoms with E-state index in [1.807, 2.05) is 84.9 Å². The zero-order valence-electron chi connectivity index (χ0n) is 18.1. The van der Waals surface area contributed by atoms with Gasteiger partial charge in [-0.1, -0.05) is 72.3 Å². The van der Waals surface area contributed by atoms with Crippen LogP contribution in [-0.4, -0.2) is 15.8 Å². The summed E-state index contributed by atoms with van der Waals surface area (Å²) in [5, 5.41) is 8.12. The van der Waals surface area contributed by atoms with Gasteiger partial charge < -0.3 is 10.1 Å². The molecule has 5 nitrogen and oxygen atoms in total. The topological polar surface area (TPSA) is 56.1 Å². The van der Waals surface area contributed by atoms with Crippen LogP contribution in [0.4, 0.5) is 10.5 Å². The highest BCUT2D eigenvalue weighted by Gasteiger charge is 2.17. The molecule has 0 spiro atoms. The fourth-order valence-electron chi connectivity index (χ4n) is 3.54. The highest BCUT2D eigenvalue weighted by atomic mass is 35.5. The molecule has 4 aromatic carbocycles. The lowest BCUT2D eigenvalue weighted by molar-refractivity contribution is 0.251. The monoisotopic (exact) mass is 465 g/mol. The molecular weight excluding hydrogens is 446 g/mol. The Hall–Kier alpha value is -4.35. The summed E-state index contributed by atoms with van der Waals surface area (Å²) in [6, 6.07) is 33.6. The molecule has 1 N–H and O–H groups in total. The average molecular weight is 466 g/mol. The van der Waals surface area contributed by atoms with E-state index in [2.05, 4.69) is 10.4 Å². The lowest BCUT2D eigenvalue weighted by Gasteiger charge is -2.08. The van der Waals surface area contributed by atoms with Crippen molar-refractivity contribution in [1.29, 1.82) is 0 Å². The summed E-state index contributed by atoms with van der Waals surface area (Å²) in [5.41, 5.74) is 4.02. The number of hydrogen-bond acceptors (Lipinski definition) is 3. The van der Waals surface area contributed by atoms with Crippen LogP contribution in [0.2, 0.25) is 5.02 Å². The molecule has 0 aliphatic heterocycles. The van der Waals surface area contributed by atoms with Gasteiger partial charge in [0.2, 0.25) is 0 Å². The Balaban J connectivity index is 1.39. The number of aromatic nitrogens is 2. The van der Waals surface area contributed by atoms with Crippen LogP contribution >= 0.6 is 11.6 Å². The van der Waals surface area contributed by atoms with Crippen molar-refractivity contribution in [2.24, 2.45) is 0 Å². The second-order valence-electron chi connectivity index (χ2n) is 7.58. The molecule has 0 aliphatic carbocycles. The van der Waals surface area contributed by atoms with E-state index < -0.39 is 0 Å². The van der Waals surface area contributed by atoms with Crippen molar-refractivity contribution < 1.29 is 9.53 Å². The van der Waals surface area contributed by atoms with Crippen molar-refractivity contribution in [3.8, 4) is 33.9 Å². The molecular formula is C28H20ClN3O2. The maximum Gasteiger partial charge on any atom is 0.346 e. The predicted molar refractivity (Wildman–Crippen MR) is 135 cm³/mol. The Kier molecular flexibility index (Phi) is 6.10. The molecule has 5 aromatic rings. The van der Waals surface area contributed by atoms with Gasteiger partial charge in [-0.15, -0.1) is 0 Å². The number of carbonyl (C=O) groups is 1. The maximum absolute atomic E-state index is 13.0. The van der Waals surface area contributed by atoms with E-state index in [0.717, 1.165) is 22.4 Å². The molecule has 1 amide bonds. The van der Waals surface area contributed by atoms with Gasteiger partial charge in [-0.2, -0.15) is 9.78 Å². The molecule has 0 fully saturated rings. The van der Waals surface area contributed by atoms with Crippen LogP contribution in [-0.2, 0) is 0 Å². The summed E-state index contributed by atoms with van der Waals surface area (Å²) in [4.78, 5) is 13.0. The molecule has 0 radical (unpaired) electrons. The van der Waals surface area contributed by atoms with Crippen LogP contribution in [0.1, 0.15) is 0 Å². The number of ether oxygens (including phenoxy) is 1. The number of hydrogen-bond donors (Lipinski definition) is 1. The van der Waals surface area contributed by atoms with Crippen molar-refractivity contribution in [1.82, 2.24) is 9.78 Å². The molecule has 1 aromatic heterocycles. The van der Waals surface area contributed by atoms with Crippen molar-refractivity contribution >= 4 is 23.3 Å². The number of nitrogens with one attached hydrogen (secondary N) is 1. The molecule has 0 aliphatic rings. The van der Waals surface area contributed by atoms with Gasteiger partial charge in [0.05, 0.1) is 0 Å². The Labute approximate surface area is 202 Å². The van der Waals surface area contributed by atoms with E-state index in [4.69, 9.17) is 16.3 Å². The Morgan fingerprint density at radius 2 is 1.35 bits per heavy atom. The Bertz CT molecular complexity index is 1400. The summed E-state index contributed by atoms with van der Waals surface area (Å²) in [5.74, 6) is 1.43. The summed E-state index contributed by atoms with van der Waals surface area (Å²) in [7, 11) is 0. The van der Waals surface area contributed by atoms with Crippen LogP contribution in [0.3, 0.4) is 0 Å². The minimum Gasteiger partial charge on any atom is -0.457 e. The van der Waals surface area contributed by atoms with Gasteiger partial charge in [-0.3, -0.25) is 0 Å². The average Bonchev–Trinajstić information content (AvgIpc) is 3.33. The molecule has 34 heavy (non-hydrogen) atoms. The minimum absolute atomic E-state index is 0.367. The zero-order valence-corrected chi connectivity index (χ0v) is 18.8. The van der Waals surface area contributed by atoms with Crippen molar-refractivity contribution in [3.63, 3.8) is 0 Å². The summed E-state index contributed by atoms with van der Waals surface area (Å²) >= 11 is 6.06. The third-order valence-electron chi connectivity index (χ3n) is 5.21. The third-order valence-corrected chi connectivity index (χ3v) is 5.46. The van der Waals surface area contributed by atoms with Gasteiger partial charge in [0.15, 0.2) is 0 Å². The predicted octanol–water partition coefficient (Wildman–Crippen LogP) is 7.74. The van der Waals surface area contributed by atoms with E-state index in [-0.39, 0.29) is 6.03 Å². The summed E-state index contributed by atoms with van der Waals surface area (Å²) in [6.07, 6.45) is 1.74. The maximum atomic E-state index is 13.0. The SMILES string of the molecule is O=C(Nc1ccc(Oc2ccccc2)cc1)n1cc(-c2ccccc2)c(-c2ccc(Cl)cc2)n1. The second-order valence-corrected chi connectivity index (χ2v) is 8.01. The first-order valence-electron chi connectivity index (χ1n) is 10.7. The molecule has 5 rings (SSSR count). The van der Waals surface area contributed by atoms with Gasteiger partial charge in [0, 0.05) is 28.0 Å². The minimum atomic E-state index is -0.367. The van der Waals surface area contributed by atoms with Gasteiger partial charge in [-0.25, -0.2) is 4.79 Å². The Morgan fingerprint density at radius 3 is 2.03 bits per heavy atom. The molecule has 1 heterocycles. The highest BCUT2D eigenvalue weighted by molar-refractivity contribution is 6.30. The molecule has 0 unspecified atom stereocenters. The first kappa shape index (κ1) is 21.5. The van der Waals surface area contributed by atoms with Gasteiger partial charge in [0.25, 0.3) is 0 Å². The number of nitrogens with zero attached hydrogens (tertiary/aromatic N) is 2.